The summed E-state index contributed by atoms with van der Waals surface area (Å²) in [7, 11) is 0. The van der Waals surface area contributed by atoms with Gasteiger partial charge in [0.15, 0.2) is 23.9 Å². The molecule has 154 valence electrons. The van der Waals surface area contributed by atoms with Crippen LogP contribution in [0.1, 0.15) is 29.0 Å². The molecule has 1 aliphatic heterocycles. The molecule has 1 aliphatic rings. The highest BCUT2D eigenvalue weighted by atomic mass is 16.5. The Hall–Kier alpha value is -3.68. The van der Waals surface area contributed by atoms with Crippen LogP contribution < -0.4 is 15.0 Å². The minimum atomic E-state index is -0.548. The van der Waals surface area contributed by atoms with E-state index in [1.807, 2.05) is 0 Å². The van der Waals surface area contributed by atoms with Gasteiger partial charge in [-0.15, -0.1) is 0 Å². The number of nitrogens with zero attached hydrogens (tertiary/aromatic N) is 1. The molecule has 0 aliphatic carbocycles. The molecule has 0 unspecified atom stereocenters. The Kier molecular flexibility index (Phi) is 5.74. The first-order chi connectivity index (χ1) is 14.6. The first kappa shape index (κ1) is 19.6. The molecule has 0 radical (unpaired) electrons. The summed E-state index contributed by atoms with van der Waals surface area (Å²) >= 11 is 0. The number of ether oxygens (including phenoxy) is 3. The van der Waals surface area contributed by atoms with Gasteiger partial charge in [-0.2, -0.15) is 0 Å². The topological polar surface area (TPSA) is 108 Å². The maximum atomic E-state index is 12.4. The number of H-pyrrole nitrogens is 1. The summed E-state index contributed by atoms with van der Waals surface area (Å²) in [6.07, 6.45) is 0.972. The Bertz CT molecular complexity index is 1150. The highest BCUT2D eigenvalue weighted by Crippen LogP contribution is 2.30. The smallest absolute Gasteiger partial charge is 0.306 e. The molecule has 1 N–H and O–H groups in total. The molecule has 30 heavy (non-hydrogen) atoms. The van der Waals surface area contributed by atoms with Gasteiger partial charge in [0.05, 0.1) is 30.5 Å². The largest absolute Gasteiger partial charge is 0.490 e. The number of carbonyl (C=O) groups is 2. The van der Waals surface area contributed by atoms with Crippen LogP contribution in [-0.2, 0) is 16.0 Å². The highest BCUT2D eigenvalue weighted by Gasteiger charge is 2.16. The minimum absolute atomic E-state index is 0.00427. The van der Waals surface area contributed by atoms with Crippen molar-refractivity contribution in [3.05, 3.63) is 64.2 Å². The number of para-hydroxylation sites is 1. The van der Waals surface area contributed by atoms with Crippen molar-refractivity contribution in [3.63, 3.8) is 0 Å². The van der Waals surface area contributed by atoms with Crippen molar-refractivity contribution in [2.24, 2.45) is 0 Å². The van der Waals surface area contributed by atoms with E-state index in [1.165, 1.54) is 0 Å². The summed E-state index contributed by atoms with van der Waals surface area (Å²) in [4.78, 5) is 43.5. The van der Waals surface area contributed by atoms with Crippen LogP contribution >= 0.6 is 0 Å². The molecule has 0 bridgehead atoms. The molecule has 3 aromatic rings. The first-order valence-electron chi connectivity index (χ1n) is 9.66. The summed E-state index contributed by atoms with van der Waals surface area (Å²) in [6, 6.07) is 11.9. The molecule has 0 atom stereocenters. The van der Waals surface area contributed by atoms with E-state index in [1.54, 1.807) is 42.5 Å². The standard InChI is InChI=1S/C22H20N2O6/c25-17(14-6-7-18-19(12-14)29-11-3-10-28-18)13-30-21(26)9-8-20-23-16-5-2-1-4-15(16)22(27)24-20/h1-2,4-7,12H,3,8-11,13H2,(H,23,24,27). The van der Waals surface area contributed by atoms with Crippen LogP contribution in [0.25, 0.3) is 10.9 Å². The summed E-state index contributed by atoms with van der Waals surface area (Å²) < 4.78 is 16.2. The van der Waals surface area contributed by atoms with E-state index in [2.05, 4.69) is 9.97 Å². The second kappa shape index (κ2) is 8.77. The number of ketones is 1. The Morgan fingerprint density at radius 1 is 1.07 bits per heavy atom. The lowest BCUT2D eigenvalue weighted by atomic mass is 10.1. The fraction of sp³-hybridized carbons (Fsp3) is 0.273. The first-order valence-corrected chi connectivity index (χ1v) is 9.66. The molecule has 0 spiro atoms. The number of Topliss-reactive ketones (excluding diaryl/α,β-unsaturated/α-hetero) is 1. The van der Waals surface area contributed by atoms with Crippen molar-refractivity contribution >= 4 is 22.7 Å². The molecular weight excluding hydrogens is 388 g/mol. The van der Waals surface area contributed by atoms with Gasteiger partial charge in [-0.05, 0) is 30.3 Å². The minimum Gasteiger partial charge on any atom is -0.490 e. The van der Waals surface area contributed by atoms with Gasteiger partial charge in [-0.1, -0.05) is 12.1 Å². The number of aryl methyl sites for hydroxylation is 1. The van der Waals surface area contributed by atoms with E-state index in [-0.39, 0.29) is 30.8 Å². The number of fused-ring (bicyclic) bond motifs is 2. The van der Waals surface area contributed by atoms with Crippen molar-refractivity contribution < 1.29 is 23.8 Å². The highest BCUT2D eigenvalue weighted by molar-refractivity contribution is 5.98. The van der Waals surface area contributed by atoms with Gasteiger partial charge in [-0.25, -0.2) is 4.98 Å². The lowest BCUT2D eigenvalue weighted by Crippen LogP contribution is -2.16. The number of carbonyl (C=O) groups excluding carboxylic acids is 2. The molecule has 4 rings (SSSR count). The number of hydrogen-bond donors (Lipinski definition) is 1. The van der Waals surface area contributed by atoms with E-state index in [4.69, 9.17) is 14.2 Å². The number of aromatic nitrogens is 2. The molecule has 8 nitrogen and oxygen atoms in total. The van der Waals surface area contributed by atoms with E-state index in [0.29, 0.717) is 47.0 Å². The Labute approximate surface area is 171 Å². The van der Waals surface area contributed by atoms with Crippen LogP contribution in [0.15, 0.2) is 47.3 Å². The second-order valence-corrected chi connectivity index (χ2v) is 6.83. The Balaban J connectivity index is 1.32. The summed E-state index contributed by atoms with van der Waals surface area (Å²) in [5, 5.41) is 0.490. The number of benzene rings is 2. The molecule has 0 saturated carbocycles. The van der Waals surface area contributed by atoms with Gasteiger partial charge in [0.1, 0.15) is 5.82 Å². The van der Waals surface area contributed by atoms with Crippen molar-refractivity contribution in [1.29, 1.82) is 0 Å². The third-order valence-corrected chi connectivity index (χ3v) is 4.66. The monoisotopic (exact) mass is 408 g/mol. The quantitative estimate of drug-likeness (QED) is 0.493. The SMILES string of the molecule is O=C(CCc1nc2ccccc2c(=O)[nH]1)OCC(=O)c1ccc2c(c1)OCCCO2. The number of esters is 1. The van der Waals surface area contributed by atoms with Crippen LogP contribution in [0.4, 0.5) is 0 Å². The molecule has 1 aromatic heterocycles. The Morgan fingerprint density at radius 3 is 2.73 bits per heavy atom. The average Bonchev–Trinajstić information content (AvgIpc) is 3.01. The van der Waals surface area contributed by atoms with Gasteiger partial charge in [-0.3, -0.25) is 14.4 Å². The number of rotatable bonds is 6. The summed E-state index contributed by atoms with van der Waals surface area (Å²) in [5.41, 5.74) is 0.690. The zero-order valence-corrected chi connectivity index (χ0v) is 16.2. The Morgan fingerprint density at radius 2 is 1.87 bits per heavy atom. The van der Waals surface area contributed by atoms with Crippen LogP contribution in [0.3, 0.4) is 0 Å². The number of nitrogens with one attached hydrogen (secondary N) is 1. The van der Waals surface area contributed by atoms with Gasteiger partial charge in [0, 0.05) is 18.4 Å². The average molecular weight is 408 g/mol. The number of hydrogen-bond acceptors (Lipinski definition) is 7. The third kappa shape index (κ3) is 4.48. The van der Waals surface area contributed by atoms with Crippen LogP contribution in [0, 0.1) is 0 Å². The van der Waals surface area contributed by atoms with Gasteiger partial charge < -0.3 is 19.2 Å². The molecular formula is C22H20N2O6. The van der Waals surface area contributed by atoms with Crippen LogP contribution in [-0.4, -0.2) is 41.5 Å². The number of aromatic amines is 1. The van der Waals surface area contributed by atoms with Gasteiger partial charge >= 0.3 is 5.97 Å². The lowest BCUT2D eigenvalue weighted by molar-refractivity contribution is -0.142. The van der Waals surface area contributed by atoms with E-state index in [9.17, 15) is 14.4 Å². The second-order valence-electron chi connectivity index (χ2n) is 6.83. The van der Waals surface area contributed by atoms with E-state index < -0.39 is 5.97 Å². The van der Waals surface area contributed by atoms with Gasteiger partial charge in [0.2, 0.25) is 0 Å². The molecule has 8 heteroatoms. The zero-order valence-electron chi connectivity index (χ0n) is 16.2. The van der Waals surface area contributed by atoms with Crippen molar-refractivity contribution in [3.8, 4) is 11.5 Å². The molecule has 2 aromatic carbocycles. The van der Waals surface area contributed by atoms with Gasteiger partial charge in [0.25, 0.3) is 5.56 Å². The molecule has 0 amide bonds. The summed E-state index contributed by atoms with van der Waals surface area (Å²) in [5.74, 6) is 0.614. The normalized spacial score (nSPS) is 12.9. The zero-order chi connectivity index (χ0) is 20.9. The van der Waals surface area contributed by atoms with E-state index in [0.717, 1.165) is 6.42 Å². The maximum absolute atomic E-state index is 12.4. The fourth-order valence-corrected chi connectivity index (χ4v) is 3.11. The van der Waals surface area contributed by atoms with Crippen LogP contribution in [0.5, 0.6) is 11.5 Å². The van der Waals surface area contributed by atoms with E-state index >= 15 is 0 Å². The van der Waals surface area contributed by atoms with Crippen LogP contribution in [0.2, 0.25) is 0 Å². The van der Waals surface area contributed by atoms with Crippen molar-refractivity contribution in [2.75, 3.05) is 19.8 Å². The summed E-state index contributed by atoms with van der Waals surface area (Å²) in [6.45, 7) is 0.708. The van der Waals surface area contributed by atoms with Crippen molar-refractivity contribution in [2.45, 2.75) is 19.3 Å². The lowest BCUT2D eigenvalue weighted by Gasteiger charge is -2.09. The molecule has 0 fully saturated rings. The predicted molar refractivity (Wildman–Crippen MR) is 108 cm³/mol. The fourth-order valence-electron chi connectivity index (χ4n) is 3.11. The van der Waals surface area contributed by atoms with Crippen molar-refractivity contribution in [1.82, 2.24) is 9.97 Å². The maximum Gasteiger partial charge on any atom is 0.306 e. The third-order valence-electron chi connectivity index (χ3n) is 4.66. The molecule has 0 saturated heterocycles. The predicted octanol–water partition coefficient (Wildman–Crippen LogP) is 2.44. The molecule has 2 heterocycles.